The lowest BCUT2D eigenvalue weighted by atomic mass is 10.0. The van der Waals surface area contributed by atoms with Gasteiger partial charge in [0.05, 0.1) is 15.6 Å². The van der Waals surface area contributed by atoms with E-state index in [0.717, 1.165) is 9.87 Å². The summed E-state index contributed by atoms with van der Waals surface area (Å²) in [5.41, 5.74) is 1.49. The Morgan fingerprint density at radius 3 is 2.02 bits per heavy atom. The molecule has 0 bridgehead atoms. The van der Waals surface area contributed by atoms with E-state index in [1.54, 1.807) is 42.5 Å². The Bertz CT molecular complexity index is 1700. The van der Waals surface area contributed by atoms with E-state index in [1.165, 1.54) is 35.2 Å². The Morgan fingerprint density at radius 1 is 0.795 bits per heavy atom. The predicted molar refractivity (Wildman–Crippen MR) is 177 cm³/mol. The Hall–Kier alpha value is -3.56. The molecule has 2 amide bonds. The maximum atomic E-state index is 14.4. The van der Waals surface area contributed by atoms with Gasteiger partial charge in [0.2, 0.25) is 11.8 Å². The van der Waals surface area contributed by atoms with Crippen LogP contribution < -0.4 is 9.62 Å². The number of halogens is 3. The monoisotopic (exact) mass is 671 g/mol. The number of amides is 2. The van der Waals surface area contributed by atoms with Crippen molar-refractivity contribution in [3.8, 4) is 0 Å². The lowest BCUT2D eigenvalue weighted by molar-refractivity contribution is -0.140. The number of anilines is 1. The largest absolute Gasteiger partial charge is 0.352 e. The quantitative estimate of drug-likeness (QED) is 0.176. The van der Waals surface area contributed by atoms with Gasteiger partial charge in [0.1, 0.15) is 12.6 Å². The summed E-state index contributed by atoms with van der Waals surface area (Å²) in [6, 6.07) is 27.2. The molecular formula is C33H32Cl3N3O4S. The van der Waals surface area contributed by atoms with E-state index in [1.807, 2.05) is 44.2 Å². The number of hydrogen-bond donors (Lipinski definition) is 1. The van der Waals surface area contributed by atoms with Crippen LogP contribution in [0.25, 0.3) is 0 Å². The van der Waals surface area contributed by atoms with E-state index in [0.29, 0.717) is 15.6 Å². The molecule has 1 unspecified atom stereocenters. The van der Waals surface area contributed by atoms with Crippen molar-refractivity contribution >= 4 is 62.3 Å². The van der Waals surface area contributed by atoms with Gasteiger partial charge in [-0.2, -0.15) is 0 Å². The van der Waals surface area contributed by atoms with Crippen LogP contribution in [0.1, 0.15) is 25.0 Å². The molecule has 0 heterocycles. The van der Waals surface area contributed by atoms with Crippen LogP contribution in [0.3, 0.4) is 0 Å². The van der Waals surface area contributed by atoms with Crippen molar-refractivity contribution in [2.75, 3.05) is 10.8 Å². The van der Waals surface area contributed by atoms with Gasteiger partial charge < -0.3 is 10.2 Å². The number of carbonyl (C=O) groups is 2. The van der Waals surface area contributed by atoms with Crippen molar-refractivity contribution < 1.29 is 18.0 Å². The summed E-state index contributed by atoms with van der Waals surface area (Å²) < 4.78 is 29.0. The van der Waals surface area contributed by atoms with Gasteiger partial charge >= 0.3 is 0 Å². The fourth-order valence-corrected chi connectivity index (χ4v) is 6.87. The maximum Gasteiger partial charge on any atom is 0.264 e. The molecule has 4 rings (SSSR count). The number of nitrogens with one attached hydrogen (secondary N) is 1. The second-order valence-electron chi connectivity index (χ2n) is 10.4. The molecule has 0 saturated carbocycles. The Kier molecular flexibility index (Phi) is 11.3. The van der Waals surface area contributed by atoms with Crippen molar-refractivity contribution in [2.45, 2.75) is 43.8 Å². The number of sulfonamides is 1. The molecule has 11 heteroatoms. The molecule has 7 nitrogen and oxygen atoms in total. The fraction of sp³-hybridized carbons (Fsp3) is 0.212. The smallest absolute Gasteiger partial charge is 0.264 e. The summed E-state index contributed by atoms with van der Waals surface area (Å²) in [4.78, 5) is 29.5. The van der Waals surface area contributed by atoms with Crippen LogP contribution in [0.5, 0.6) is 0 Å². The van der Waals surface area contributed by atoms with Crippen molar-refractivity contribution in [2.24, 2.45) is 0 Å². The van der Waals surface area contributed by atoms with Crippen molar-refractivity contribution in [3.05, 3.63) is 129 Å². The van der Waals surface area contributed by atoms with Gasteiger partial charge in [-0.25, -0.2) is 8.42 Å². The number of nitrogens with zero attached hydrogens (tertiary/aromatic N) is 2. The summed E-state index contributed by atoms with van der Waals surface area (Å²) >= 11 is 19.2. The molecule has 0 aliphatic rings. The van der Waals surface area contributed by atoms with Gasteiger partial charge in [-0.15, -0.1) is 0 Å². The van der Waals surface area contributed by atoms with E-state index in [4.69, 9.17) is 34.8 Å². The molecule has 230 valence electrons. The third-order valence-electron chi connectivity index (χ3n) is 6.79. The molecule has 4 aromatic carbocycles. The number of carbonyl (C=O) groups excluding carboxylic acids is 2. The zero-order chi connectivity index (χ0) is 31.9. The van der Waals surface area contributed by atoms with Crippen LogP contribution in [0.4, 0.5) is 5.69 Å². The molecule has 1 atom stereocenters. The Labute approximate surface area is 273 Å². The first-order valence-corrected chi connectivity index (χ1v) is 16.4. The minimum Gasteiger partial charge on any atom is -0.352 e. The highest BCUT2D eigenvalue weighted by Crippen LogP contribution is 2.33. The van der Waals surface area contributed by atoms with E-state index in [2.05, 4.69) is 5.32 Å². The summed E-state index contributed by atoms with van der Waals surface area (Å²) in [5.74, 6) is -1.01. The second-order valence-corrected chi connectivity index (χ2v) is 13.5. The van der Waals surface area contributed by atoms with Gasteiger partial charge in [0, 0.05) is 29.1 Å². The van der Waals surface area contributed by atoms with Crippen LogP contribution >= 0.6 is 34.8 Å². The van der Waals surface area contributed by atoms with Crippen LogP contribution in [0.2, 0.25) is 15.1 Å². The summed E-state index contributed by atoms with van der Waals surface area (Å²) in [6.45, 7) is 2.96. The number of benzene rings is 4. The minimum atomic E-state index is -4.29. The molecule has 1 N–H and O–H groups in total. The van der Waals surface area contributed by atoms with Gasteiger partial charge in [0.15, 0.2) is 0 Å². The second kappa shape index (κ2) is 14.9. The molecule has 0 spiro atoms. The van der Waals surface area contributed by atoms with Crippen molar-refractivity contribution in [3.63, 3.8) is 0 Å². The van der Waals surface area contributed by atoms with Crippen LogP contribution in [-0.4, -0.2) is 43.8 Å². The third-order valence-corrected chi connectivity index (χ3v) is 9.47. The normalized spacial score (nSPS) is 12.0. The molecule has 0 aliphatic heterocycles. The summed E-state index contributed by atoms with van der Waals surface area (Å²) in [7, 11) is -4.29. The van der Waals surface area contributed by atoms with Crippen LogP contribution in [-0.2, 0) is 32.6 Å². The first kappa shape index (κ1) is 33.3. The van der Waals surface area contributed by atoms with E-state index in [-0.39, 0.29) is 40.5 Å². The topological polar surface area (TPSA) is 86.8 Å². The molecule has 0 fully saturated rings. The van der Waals surface area contributed by atoms with Crippen LogP contribution in [0.15, 0.2) is 108 Å². The predicted octanol–water partition coefficient (Wildman–Crippen LogP) is 7.01. The van der Waals surface area contributed by atoms with Gasteiger partial charge in [0.25, 0.3) is 10.0 Å². The first-order valence-electron chi connectivity index (χ1n) is 13.9. The molecular weight excluding hydrogens is 641 g/mol. The lowest BCUT2D eigenvalue weighted by Crippen LogP contribution is -2.54. The highest BCUT2D eigenvalue weighted by Gasteiger charge is 2.35. The van der Waals surface area contributed by atoms with Gasteiger partial charge in [-0.1, -0.05) is 102 Å². The average molecular weight is 673 g/mol. The van der Waals surface area contributed by atoms with E-state index in [9.17, 15) is 18.0 Å². The highest BCUT2D eigenvalue weighted by atomic mass is 35.5. The van der Waals surface area contributed by atoms with Gasteiger partial charge in [-0.05, 0) is 61.4 Å². The van der Waals surface area contributed by atoms with Crippen molar-refractivity contribution in [1.29, 1.82) is 0 Å². The number of hydrogen-bond acceptors (Lipinski definition) is 4. The molecule has 0 aliphatic carbocycles. The SMILES string of the molecule is CC(C)NC(=O)C(Cc1ccccc1)N(Cc1ccccc1Cl)C(=O)CN(c1ccc(Cl)cc1Cl)S(=O)(=O)c1ccccc1. The van der Waals surface area contributed by atoms with E-state index >= 15 is 0 Å². The lowest BCUT2D eigenvalue weighted by Gasteiger charge is -2.34. The zero-order valence-electron chi connectivity index (χ0n) is 24.2. The van der Waals surface area contributed by atoms with Gasteiger partial charge in [-0.3, -0.25) is 13.9 Å². The molecule has 0 saturated heterocycles. The maximum absolute atomic E-state index is 14.4. The summed E-state index contributed by atoms with van der Waals surface area (Å²) in [6.07, 6.45) is 0.183. The molecule has 44 heavy (non-hydrogen) atoms. The number of rotatable bonds is 12. The van der Waals surface area contributed by atoms with Crippen molar-refractivity contribution in [1.82, 2.24) is 10.2 Å². The standard InChI is InChI=1S/C33H32Cl3N3O4S/c1-23(2)37-33(41)31(19-24-11-5-3-6-12-24)38(21-25-13-9-10-16-28(25)35)32(40)22-39(30-18-17-26(34)20-29(30)36)44(42,43)27-14-7-4-8-15-27/h3-18,20,23,31H,19,21-22H2,1-2H3,(H,37,41). The van der Waals surface area contributed by atoms with Crippen LogP contribution in [0, 0.1) is 0 Å². The molecule has 0 aromatic heterocycles. The zero-order valence-corrected chi connectivity index (χ0v) is 27.2. The highest BCUT2D eigenvalue weighted by molar-refractivity contribution is 7.92. The molecule has 0 radical (unpaired) electrons. The van der Waals surface area contributed by atoms with E-state index < -0.39 is 28.5 Å². The Morgan fingerprint density at radius 2 is 1.41 bits per heavy atom. The molecule has 4 aromatic rings. The summed E-state index contributed by atoms with van der Waals surface area (Å²) in [5, 5.41) is 3.67. The fourth-order valence-electron chi connectivity index (χ4n) is 4.66. The Balaban J connectivity index is 1.83. The third kappa shape index (κ3) is 8.33. The average Bonchev–Trinajstić information content (AvgIpc) is 2.99. The first-order chi connectivity index (χ1) is 21.0. The minimum absolute atomic E-state index is 0.0325.